The Labute approximate surface area is 119 Å². The highest BCUT2D eigenvalue weighted by atomic mass is 15.0. The molecule has 0 bridgehead atoms. The quantitative estimate of drug-likeness (QED) is 0.768. The molecule has 0 amide bonds. The van der Waals surface area contributed by atoms with E-state index < -0.39 is 0 Å². The number of para-hydroxylation sites is 2. The van der Waals surface area contributed by atoms with Crippen molar-refractivity contribution in [2.75, 3.05) is 6.54 Å². The second-order valence-corrected chi connectivity index (χ2v) is 4.96. The summed E-state index contributed by atoms with van der Waals surface area (Å²) in [6.07, 6.45) is 1.91. The number of imidazole rings is 1. The van der Waals surface area contributed by atoms with Crippen LogP contribution in [0.25, 0.3) is 11.0 Å². The predicted octanol–water partition coefficient (Wildman–Crippen LogP) is 3.19. The van der Waals surface area contributed by atoms with Gasteiger partial charge in [0.15, 0.2) is 0 Å². The number of hydrogen-bond acceptors (Lipinski definition) is 2. The molecule has 0 saturated heterocycles. The van der Waals surface area contributed by atoms with Crippen molar-refractivity contribution in [2.45, 2.75) is 20.0 Å². The zero-order valence-electron chi connectivity index (χ0n) is 11.7. The Balaban J connectivity index is 1.77. The number of benzene rings is 2. The van der Waals surface area contributed by atoms with E-state index in [-0.39, 0.29) is 0 Å². The highest BCUT2D eigenvalue weighted by Crippen LogP contribution is 2.14. The predicted molar refractivity (Wildman–Crippen MR) is 82.7 cm³/mol. The molecule has 0 unspecified atom stereocenters. The van der Waals surface area contributed by atoms with E-state index in [1.807, 2.05) is 18.5 Å². The first-order chi connectivity index (χ1) is 9.86. The number of hydrogen-bond donors (Lipinski definition) is 1. The van der Waals surface area contributed by atoms with Gasteiger partial charge in [-0.15, -0.1) is 0 Å². The van der Waals surface area contributed by atoms with E-state index in [1.54, 1.807) is 0 Å². The molecule has 0 fully saturated rings. The van der Waals surface area contributed by atoms with Gasteiger partial charge in [-0.2, -0.15) is 0 Å². The molecule has 3 heteroatoms. The normalized spacial score (nSPS) is 11.1. The van der Waals surface area contributed by atoms with Crippen LogP contribution in [0, 0.1) is 0 Å². The van der Waals surface area contributed by atoms with Crippen LogP contribution in [-0.4, -0.2) is 16.1 Å². The van der Waals surface area contributed by atoms with Crippen LogP contribution in [0.4, 0.5) is 0 Å². The first kappa shape index (κ1) is 12.9. The van der Waals surface area contributed by atoms with Gasteiger partial charge in [-0.1, -0.05) is 43.3 Å². The molecule has 0 aliphatic heterocycles. The van der Waals surface area contributed by atoms with E-state index in [4.69, 9.17) is 0 Å². The van der Waals surface area contributed by atoms with Crippen molar-refractivity contribution in [2.24, 2.45) is 0 Å². The van der Waals surface area contributed by atoms with Crippen LogP contribution < -0.4 is 5.32 Å². The fraction of sp³-hybridized carbons (Fsp3) is 0.235. The number of aromatic nitrogens is 2. The first-order valence-electron chi connectivity index (χ1n) is 7.05. The molecule has 0 aliphatic rings. The Bertz CT molecular complexity index is 683. The summed E-state index contributed by atoms with van der Waals surface area (Å²) in [7, 11) is 0. The molecule has 3 nitrogen and oxygen atoms in total. The fourth-order valence-corrected chi connectivity index (χ4v) is 2.36. The van der Waals surface area contributed by atoms with E-state index in [1.165, 1.54) is 16.6 Å². The standard InChI is InChI=1S/C17H19N3/c1-2-18-11-14-7-9-15(10-8-14)12-20-13-19-16-5-3-4-6-17(16)20/h3-10,13,18H,2,11-12H2,1H3. The topological polar surface area (TPSA) is 29.9 Å². The summed E-state index contributed by atoms with van der Waals surface area (Å²) in [5.74, 6) is 0. The van der Waals surface area contributed by atoms with Crippen molar-refractivity contribution in [3.63, 3.8) is 0 Å². The second-order valence-electron chi connectivity index (χ2n) is 4.96. The van der Waals surface area contributed by atoms with Crippen molar-refractivity contribution >= 4 is 11.0 Å². The SMILES string of the molecule is CCNCc1ccc(Cn2cnc3ccccc32)cc1. The third-order valence-electron chi connectivity index (χ3n) is 3.48. The van der Waals surface area contributed by atoms with E-state index in [2.05, 4.69) is 58.2 Å². The molecule has 3 rings (SSSR count). The Morgan fingerprint density at radius 2 is 1.75 bits per heavy atom. The van der Waals surface area contributed by atoms with Gasteiger partial charge < -0.3 is 9.88 Å². The Kier molecular flexibility index (Phi) is 3.79. The largest absolute Gasteiger partial charge is 0.326 e. The number of nitrogens with one attached hydrogen (secondary N) is 1. The molecule has 1 aromatic heterocycles. The van der Waals surface area contributed by atoms with Crippen molar-refractivity contribution in [1.82, 2.24) is 14.9 Å². The van der Waals surface area contributed by atoms with Gasteiger partial charge in [-0.25, -0.2) is 4.98 Å². The highest BCUT2D eigenvalue weighted by molar-refractivity contribution is 5.75. The van der Waals surface area contributed by atoms with Gasteiger partial charge in [0, 0.05) is 13.1 Å². The van der Waals surface area contributed by atoms with Crippen LogP contribution in [0.3, 0.4) is 0 Å². The van der Waals surface area contributed by atoms with E-state index in [0.717, 1.165) is 25.2 Å². The Morgan fingerprint density at radius 3 is 2.55 bits per heavy atom. The molecule has 0 atom stereocenters. The lowest BCUT2D eigenvalue weighted by atomic mass is 10.1. The second kappa shape index (κ2) is 5.88. The summed E-state index contributed by atoms with van der Waals surface area (Å²) in [5.41, 5.74) is 4.86. The van der Waals surface area contributed by atoms with Crippen LogP contribution in [0.15, 0.2) is 54.9 Å². The molecule has 1 heterocycles. The monoisotopic (exact) mass is 265 g/mol. The molecular formula is C17H19N3. The average Bonchev–Trinajstić information content (AvgIpc) is 2.90. The average molecular weight is 265 g/mol. The van der Waals surface area contributed by atoms with Crippen molar-refractivity contribution in [3.05, 3.63) is 66.0 Å². The minimum absolute atomic E-state index is 0.863. The van der Waals surface area contributed by atoms with Gasteiger partial charge in [0.25, 0.3) is 0 Å². The maximum Gasteiger partial charge on any atom is 0.0961 e. The van der Waals surface area contributed by atoms with Crippen LogP contribution in [0.1, 0.15) is 18.1 Å². The third kappa shape index (κ3) is 2.73. The summed E-state index contributed by atoms with van der Waals surface area (Å²) < 4.78 is 2.19. The molecule has 0 spiro atoms. The maximum atomic E-state index is 4.43. The van der Waals surface area contributed by atoms with E-state index in [9.17, 15) is 0 Å². The smallest absolute Gasteiger partial charge is 0.0961 e. The Morgan fingerprint density at radius 1 is 1.00 bits per heavy atom. The fourth-order valence-electron chi connectivity index (χ4n) is 2.36. The van der Waals surface area contributed by atoms with Crippen LogP contribution in [0.2, 0.25) is 0 Å². The van der Waals surface area contributed by atoms with Gasteiger partial charge in [-0.05, 0) is 29.8 Å². The van der Waals surface area contributed by atoms with Crippen molar-refractivity contribution in [1.29, 1.82) is 0 Å². The number of nitrogens with zero attached hydrogens (tertiary/aromatic N) is 2. The molecule has 1 N–H and O–H groups in total. The summed E-state index contributed by atoms with van der Waals surface area (Å²) >= 11 is 0. The van der Waals surface area contributed by atoms with E-state index in [0.29, 0.717) is 0 Å². The van der Waals surface area contributed by atoms with Crippen LogP contribution in [0.5, 0.6) is 0 Å². The number of rotatable bonds is 5. The lowest BCUT2D eigenvalue weighted by molar-refractivity contribution is 0.726. The van der Waals surface area contributed by atoms with Crippen LogP contribution >= 0.6 is 0 Å². The summed E-state index contributed by atoms with van der Waals surface area (Å²) in [6, 6.07) is 17.0. The van der Waals surface area contributed by atoms with Gasteiger partial charge in [0.05, 0.1) is 17.4 Å². The molecule has 3 aromatic rings. The van der Waals surface area contributed by atoms with E-state index >= 15 is 0 Å². The number of fused-ring (bicyclic) bond motifs is 1. The minimum Gasteiger partial charge on any atom is -0.326 e. The third-order valence-corrected chi connectivity index (χ3v) is 3.48. The molecule has 20 heavy (non-hydrogen) atoms. The lowest BCUT2D eigenvalue weighted by Crippen LogP contribution is -2.11. The van der Waals surface area contributed by atoms with Gasteiger partial charge in [-0.3, -0.25) is 0 Å². The zero-order chi connectivity index (χ0) is 13.8. The molecule has 0 aliphatic carbocycles. The molecule has 0 saturated carbocycles. The molecule has 0 radical (unpaired) electrons. The molecular weight excluding hydrogens is 246 g/mol. The summed E-state index contributed by atoms with van der Waals surface area (Å²) in [4.78, 5) is 4.43. The van der Waals surface area contributed by atoms with Gasteiger partial charge >= 0.3 is 0 Å². The first-order valence-corrected chi connectivity index (χ1v) is 7.05. The molecule has 102 valence electrons. The lowest BCUT2D eigenvalue weighted by Gasteiger charge is -2.06. The zero-order valence-corrected chi connectivity index (χ0v) is 11.7. The maximum absolute atomic E-state index is 4.43. The van der Waals surface area contributed by atoms with Crippen molar-refractivity contribution in [3.8, 4) is 0 Å². The van der Waals surface area contributed by atoms with Crippen LogP contribution in [-0.2, 0) is 13.1 Å². The molecule has 2 aromatic carbocycles. The summed E-state index contributed by atoms with van der Waals surface area (Å²) in [6.45, 7) is 4.92. The van der Waals surface area contributed by atoms with Gasteiger partial charge in [0.2, 0.25) is 0 Å². The highest BCUT2D eigenvalue weighted by Gasteiger charge is 2.02. The van der Waals surface area contributed by atoms with Crippen molar-refractivity contribution < 1.29 is 0 Å². The Hall–Kier alpha value is -2.13. The van der Waals surface area contributed by atoms with Gasteiger partial charge in [0.1, 0.15) is 0 Å². The summed E-state index contributed by atoms with van der Waals surface area (Å²) in [5, 5.41) is 3.34. The minimum atomic E-state index is 0.863.